The van der Waals surface area contributed by atoms with Crippen molar-refractivity contribution in [3.63, 3.8) is 0 Å². The maximum Gasteiger partial charge on any atom is 0.167 e. The van der Waals surface area contributed by atoms with Crippen molar-refractivity contribution in [2.24, 2.45) is 0 Å². The lowest BCUT2D eigenvalue weighted by Crippen LogP contribution is -2.32. The maximum atomic E-state index is 10.5. The van der Waals surface area contributed by atoms with E-state index < -0.39 is 24.5 Å². The van der Waals surface area contributed by atoms with Crippen LogP contribution in [-0.2, 0) is 4.74 Å². The van der Waals surface area contributed by atoms with Crippen LogP contribution in [0.3, 0.4) is 0 Å². The molecule has 0 spiro atoms. The van der Waals surface area contributed by atoms with Crippen molar-refractivity contribution in [2.45, 2.75) is 29.4 Å². The fraction of sp³-hybridized carbons (Fsp3) is 0.353. The molecule has 10 heteroatoms. The smallest absolute Gasteiger partial charge is 0.167 e. The summed E-state index contributed by atoms with van der Waals surface area (Å²) in [4.78, 5) is 13.3. The third-order valence-electron chi connectivity index (χ3n) is 4.47. The summed E-state index contributed by atoms with van der Waals surface area (Å²) in [5.41, 5.74) is 6.67. The van der Waals surface area contributed by atoms with Crippen LogP contribution in [-0.4, -0.2) is 60.9 Å². The number of benzene rings is 1. The summed E-state index contributed by atoms with van der Waals surface area (Å²) in [6.45, 7) is 0. The quantitative estimate of drug-likeness (QED) is 0.543. The summed E-state index contributed by atoms with van der Waals surface area (Å²) in [6, 6.07) is 7.60. The number of aromatic nitrogens is 4. The second-order valence-electron chi connectivity index (χ2n) is 6.12. The number of hydrogen-bond acceptors (Lipinski definition) is 9. The van der Waals surface area contributed by atoms with Crippen molar-refractivity contribution >= 4 is 28.7 Å². The molecule has 1 aliphatic heterocycles. The fourth-order valence-electron chi connectivity index (χ4n) is 3.00. The molecule has 3 aromatic rings. The van der Waals surface area contributed by atoms with Gasteiger partial charge in [-0.25, -0.2) is 15.0 Å². The van der Waals surface area contributed by atoms with Crippen LogP contribution in [0.1, 0.15) is 6.23 Å². The van der Waals surface area contributed by atoms with Gasteiger partial charge in [-0.05, 0) is 24.3 Å². The van der Waals surface area contributed by atoms with Crippen LogP contribution < -0.4 is 10.5 Å². The minimum absolute atomic E-state index is 0.249. The first-order chi connectivity index (χ1) is 13.1. The SMILES string of the molecule is COc1ccc(SC[C@H]2O[C@@H](n3cnc4c(N)ncnc43)[C@H](O)[C@@H]2O)cc1. The molecule has 4 rings (SSSR count). The van der Waals surface area contributed by atoms with Gasteiger partial charge < -0.3 is 25.4 Å². The highest BCUT2D eigenvalue weighted by molar-refractivity contribution is 7.99. The summed E-state index contributed by atoms with van der Waals surface area (Å²) in [7, 11) is 1.62. The number of methoxy groups -OCH3 is 1. The van der Waals surface area contributed by atoms with E-state index in [4.69, 9.17) is 15.2 Å². The molecule has 4 N–H and O–H groups in total. The number of nitrogens with two attached hydrogens (primary N) is 1. The first-order valence-corrected chi connectivity index (χ1v) is 9.28. The highest BCUT2D eigenvalue weighted by Gasteiger charge is 2.44. The first-order valence-electron chi connectivity index (χ1n) is 8.30. The van der Waals surface area contributed by atoms with Crippen LogP contribution in [0, 0.1) is 0 Å². The van der Waals surface area contributed by atoms with Crippen molar-refractivity contribution in [3.05, 3.63) is 36.9 Å². The van der Waals surface area contributed by atoms with E-state index in [9.17, 15) is 10.2 Å². The molecule has 1 fully saturated rings. The van der Waals surface area contributed by atoms with Gasteiger partial charge in [0, 0.05) is 10.6 Å². The second-order valence-corrected chi connectivity index (χ2v) is 7.21. The van der Waals surface area contributed by atoms with Gasteiger partial charge in [0.05, 0.1) is 19.5 Å². The normalized spacial score (nSPS) is 25.1. The minimum atomic E-state index is -1.11. The number of aliphatic hydroxyl groups is 2. The molecule has 0 saturated carbocycles. The Bertz CT molecular complexity index is 935. The number of nitrogen functional groups attached to an aromatic ring is 1. The number of anilines is 1. The van der Waals surface area contributed by atoms with Crippen LogP contribution in [0.25, 0.3) is 11.2 Å². The Morgan fingerprint density at radius 2 is 1.96 bits per heavy atom. The molecule has 3 heterocycles. The highest BCUT2D eigenvalue weighted by Crippen LogP contribution is 2.34. The number of imidazole rings is 1. The summed E-state index contributed by atoms with van der Waals surface area (Å²) in [5, 5.41) is 20.9. The van der Waals surface area contributed by atoms with Crippen LogP contribution in [0.15, 0.2) is 41.8 Å². The number of ether oxygens (including phenoxy) is 2. The van der Waals surface area contributed by atoms with E-state index in [1.807, 2.05) is 24.3 Å². The standard InChI is InChI=1S/C17H19N5O4S/c1-25-9-2-4-10(5-3-9)27-6-11-13(23)14(24)17(26-11)22-8-21-12-15(18)19-7-20-16(12)22/h2-5,7-8,11,13-14,17,23-24H,6H2,1H3,(H2,18,19,20)/t11-,13-,14-,17-/m1/s1. The van der Waals surface area contributed by atoms with Gasteiger partial charge in [0.1, 0.15) is 29.8 Å². The Morgan fingerprint density at radius 3 is 2.70 bits per heavy atom. The fourth-order valence-corrected chi connectivity index (χ4v) is 3.96. The van der Waals surface area contributed by atoms with E-state index in [-0.39, 0.29) is 5.82 Å². The van der Waals surface area contributed by atoms with Crippen LogP contribution in [0.2, 0.25) is 0 Å². The minimum Gasteiger partial charge on any atom is -0.497 e. The van der Waals surface area contributed by atoms with E-state index in [1.165, 1.54) is 24.4 Å². The van der Waals surface area contributed by atoms with Crippen molar-refractivity contribution in [3.8, 4) is 5.75 Å². The van der Waals surface area contributed by atoms with E-state index >= 15 is 0 Å². The molecule has 0 bridgehead atoms. The van der Waals surface area contributed by atoms with Crippen molar-refractivity contribution in [2.75, 3.05) is 18.6 Å². The van der Waals surface area contributed by atoms with Gasteiger partial charge >= 0.3 is 0 Å². The van der Waals surface area contributed by atoms with Gasteiger partial charge in [-0.3, -0.25) is 4.57 Å². The van der Waals surface area contributed by atoms with Gasteiger partial charge in [0.25, 0.3) is 0 Å². The number of thioether (sulfide) groups is 1. The molecule has 4 atom stereocenters. The van der Waals surface area contributed by atoms with Gasteiger partial charge in [-0.1, -0.05) is 0 Å². The molecule has 0 aliphatic carbocycles. The van der Waals surface area contributed by atoms with E-state index in [1.54, 1.807) is 11.7 Å². The van der Waals surface area contributed by atoms with Crippen molar-refractivity contribution in [1.29, 1.82) is 0 Å². The highest BCUT2D eigenvalue weighted by atomic mass is 32.2. The molecule has 27 heavy (non-hydrogen) atoms. The van der Waals surface area contributed by atoms with Crippen LogP contribution in [0.4, 0.5) is 5.82 Å². The lowest BCUT2D eigenvalue weighted by molar-refractivity contribution is -0.0289. The molecule has 2 aromatic heterocycles. The van der Waals surface area contributed by atoms with E-state index in [0.29, 0.717) is 16.9 Å². The lowest BCUT2D eigenvalue weighted by Gasteiger charge is -2.16. The lowest BCUT2D eigenvalue weighted by atomic mass is 10.1. The van der Waals surface area contributed by atoms with Crippen LogP contribution in [0.5, 0.6) is 5.75 Å². The molecule has 1 saturated heterocycles. The average molecular weight is 389 g/mol. The Balaban J connectivity index is 1.49. The number of hydrogen-bond donors (Lipinski definition) is 3. The van der Waals surface area contributed by atoms with Gasteiger partial charge in [-0.2, -0.15) is 0 Å². The largest absolute Gasteiger partial charge is 0.497 e. The van der Waals surface area contributed by atoms with Gasteiger partial charge in [0.15, 0.2) is 17.7 Å². The zero-order valence-corrected chi connectivity index (χ0v) is 15.3. The second kappa shape index (κ2) is 7.31. The maximum absolute atomic E-state index is 10.5. The predicted octanol–water partition coefficient (Wildman–Crippen LogP) is 0.829. The summed E-state index contributed by atoms with van der Waals surface area (Å²) in [5.74, 6) is 1.50. The molecule has 1 aromatic carbocycles. The van der Waals surface area contributed by atoms with Crippen LogP contribution >= 0.6 is 11.8 Å². The molecular weight excluding hydrogens is 370 g/mol. The third kappa shape index (κ3) is 3.32. The Labute approximate surface area is 159 Å². The van der Waals surface area contributed by atoms with Gasteiger partial charge in [-0.15, -0.1) is 11.8 Å². The van der Waals surface area contributed by atoms with Gasteiger partial charge in [0.2, 0.25) is 0 Å². The average Bonchev–Trinajstić information content (AvgIpc) is 3.23. The first kappa shape index (κ1) is 18.0. The predicted molar refractivity (Wildman–Crippen MR) is 99.4 cm³/mol. The number of rotatable bonds is 5. The molecule has 0 amide bonds. The summed E-state index contributed by atoms with van der Waals surface area (Å²) >= 11 is 1.53. The molecule has 0 unspecified atom stereocenters. The molecular formula is C17H19N5O4S. The number of aliphatic hydroxyl groups excluding tert-OH is 2. The van der Waals surface area contributed by atoms with Crippen molar-refractivity contribution < 1.29 is 19.7 Å². The summed E-state index contributed by atoms with van der Waals surface area (Å²) in [6.07, 6.45) is -0.688. The Morgan fingerprint density at radius 1 is 1.19 bits per heavy atom. The molecule has 0 radical (unpaired) electrons. The third-order valence-corrected chi connectivity index (χ3v) is 5.57. The number of fused-ring (bicyclic) bond motifs is 1. The van der Waals surface area contributed by atoms with E-state index in [0.717, 1.165) is 10.6 Å². The zero-order valence-electron chi connectivity index (χ0n) is 14.5. The monoisotopic (exact) mass is 389 g/mol. The van der Waals surface area contributed by atoms with E-state index in [2.05, 4.69) is 15.0 Å². The molecule has 1 aliphatic rings. The van der Waals surface area contributed by atoms with Crippen molar-refractivity contribution in [1.82, 2.24) is 19.5 Å². The Hall–Kier alpha value is -2.40. The molecule has 9 nitrogen and oxygen atoms in total. The topological polar surface area (TPSA) is 129 Å². The zero-order chi connectivity index (χ0) is 19.0. The molecule has 142 valence electrons. The summed E-state index contributed by atoms with van der Waals surface area (Å²) < 4.78 is 12.6. The Kier molecular flexibility index (Phi) is 4.87. The number of nitrogens with zero attached hydrogens (tertiary/aromatic N) is 4.